The van der Waals surface area contributed by atoms with Gasteiger partial charge in [-0.25, -0.2) is 4.39 Å². The molecule has 1 aromatic carbocycles. The molecule has 0 saturated carbocycles. The van der Waals surface area contributed by atoms with Gasteiger partial charge in [0.15, 0.2) is 0 Å². The number of nitrogens with zero attached hydrogens (tertiary/aromatic N) is 1. The minimum atomic E-state index is -0.971. The Morgan fingerprint density at radius 3 is 2.68 bits per heavy atom. The fourth-order valence-corrected chi connectivity index (χ4v) is 3.19. The summed E-state index contributed by atoms with van der Waals surface area (Å²) in [5.41, 5.74) is 4.81. The van der Waals surface area contributed by atoms with Gasteiger partial charge in [0.2, 0.25) is 11.8 Å². The van der Waals surface area contributed by atoms with Crippen LogP contribution in [0.25, 0.3) is 0 Å². The molecular weight excluding hydrogens is 345 g/mol. The minimum Gasteiger partial charge on any atom is -0.355 e. The number of hydrogen-bond donors (Lipinski definition) is 2. The normalized spacial score (nSPS) is 17.6. The molecular formula is C18H27ClFN3O2. The van der Waals surface area contributed by atoms with Crippen molar-refractivity contribution in [1.82, 2.24) is 10.2 Å². The second-order valence-corrected chi connectivity index (χ2v) is 6.77. The molecule has 3 N–H and O–H groups in total. The Balaban J connectivity index is 0.00000312. The van der Waals surface area contributed by atoms with Crippen molar-refractivity contribution in [3.05, 3.63) is 35.6 Å². The molecule has 1 heterocycles. The van der Waals surface area contributed by atoms with Gasteiger partial charge in [-0.3, -0.25) is 9.59 Å². The molecule has 25 heavy (non-hydrogen) atoms. The predicted octanol–water partition coefficient (Wildman–Crippen LogP) is 1.84. The summed E-state index contributed by atoms with van der Waals surface area (Å²) in [6.07, 6.45) is 1.51. The van der Waals surface area contributed by atoms with Gasteiger partial charge >= 0.3 is 0 Å². The summed E-state index contributed by atoms with van der Waals surface area (Å²) in [5, 5.41) is 2.78. The third-order valence-corrected chi connectivity index (χ3v) is 4.60. The Morgan fingerprint density at radius 2 is 2.04 bits per heavy atom. The van der Waals surface area contributed by atoms with E-state index in [0.717, 1.165) is 12.8 Å². The van der Waals surface area contributed by atoms with Crippen molar-refractivity contribution in [2.75, 3.05) is 26.2 Å². The van der Waals surface area contributed by atoms with Crippen molar-refractivity contribution < 1.29 is 14.0 Å². The van der Waals surface area contributed by atoms with Gasteiger partial charge in [-0.05, 0) is 32.8 Å². The molecule has 1 saturated heterocycles. The maximum Gasteiger partial charge on any atom is 0.232 e. The van der Waals surface area contributed by atoms with Crippen LogP contribution in [0.15, 0.2) is 24.3 Å². The summed E-state index contributed by atoms with van der Waals surface area (Å²) in [6, 6.07) is 6.34. The third-order valence-electron chi connectivity index (χ3n) is 4.60. The number of carbonyl (C=O) groups excluding carboxylic acids is 2. The standard InChI is InChI=1S/C18H26FN3O2.ClH/c1-18(2,14-7-3-4-8-15(14)19)17(24)22-11-5-6-13(12-22)16(23)21-10-9-20;/h3-4,7-8,13H,5-6,9-12,20H2,1-2H3,(H,21,23);1H. The molecule has 7 heteroatoms. The monoisotopic (exact) mass is 371 g/mol. The van der Waals surface area contributed by atoms with Crippen molar-refractivity contribution in [1.29, 1.82) is 0 Å². The van der Waals surface area contributed by atoms with E-state index < -0.39 is 5.41 Å². The third kappa shape index (κ3) is 4.92. The second-order valence-electron chi connectivity index (χ2n) is 6.77. The Kier molecular flexibility index (Phi) is 7.83. The van der Waals surface area contributed by atoms with Crippen molar-refractivity contribution in [3.63, 3.8) is 0 Å². The molecule has 2 rings (SSSR count). The van der Waals surface area contributed by atoms with E-state index in [9.17, 15) is 14.0 Å². The van der Waals surface area contributed by atoms with Crippen molar-refractivity contribution in [2.45, 2.75) is 32.1 Å². The van der Waals surface area contributed by atoms with Crippen LogP contribution in [0.3, 0.4) is 0 Å². The van der Waals surface area contributed by atoms with Gasteiger partial charge in [-0.1, -0.05) is 18.2 Å². The van der Waals surface area contributed by atoms with E-state index >= 15 is 0 Å². The molecule has 0 spiro atoms. The highest BCUT2D eigenvalue weighted by molar-refractivity contribution is 5.88. The lowest BCUT2D eigenvalue weighted by molar-refractivity contribution is -0.140. The highest BCUT2D eigenvalue weighted by Crippen LogP contribution is 2.30. The SMILES string of the molecule is CC(C)(C(=O)N1CCCC(C(=O)NCCN)C1)c1ccccc1F.Cl. The van der Waals surface area contributed by atoms with E-state index in [-0.39, 0.29) is 36.0 Å². The zero-order valence-electron chi connectivity index (χ0n) is 14.8. The lowest BCUT2D eigenvalue weighted by Gasteiger charge is -2.37. The fourth-order valence-electron chi connectivity index (χ4n) is 3.19. The lowest BCUT2D eigenvalue weighted by Crippen LogP contribution is -2.51. The van der Waals surface area contributed by atoms with E-state index in [0.29, 0.717) is 31.7 Å². The van der Waals surface area contributed by atoms with Crippen molar-refractivity contribution in [2.24, 2.45) is 11.7 Å². The van der Waals surface area contributed by atoms with Crippen LogP contribution in [-0.4, -0.2) is 42.9 Å². The van der Waals surface area contributed by atoms with E-state index in [1.165, 1.54) is 6.07 Å². The summed E-state index contributed by atoms with van der Waals surface area (Å²) >= 11 is 0. The Labute approximate surface area is 154 Å². The number of hydrogen-bond acceptors (Lipinski definition) is 3. The first-order valence-corrected chi connectivity index (χ1v) is 8.40. The van der Waals surface area contributed by atoms with Crippen LogP contribution in [0.2, 0.25) is 0 Å². The smallest absolute Gasteiger partial charge is 0.232 e. The van der Waals surface area contributed by atoms with E-state index in [1.54, 1.807) is 36.9 Å². The fraction of sp³-hybridized carbons (Fsp3) is 0.556. The average Bonchev–Trinajstić information content (AvgIpc) is 2.59. The number of likely N-dealkylation sites (tertiary alicyclic amines) is 1. The zero-order valence-corrected chi connectivity index (χ0v) is 15.6. The van der Waals surface area contributed by atoms with Gasteiger partial charge in [0.25, 0.3) is 0 Å². The predicted molar refractivity (Wildman–Crippen MR) is 98.0 cm³/mol. The maximum atomic E-state index is 14.1. The molecule has 1 fully saturated rings. The molecule has 2 amide bonds. The first-order valence-electron chi connectivity index (χ1n) is 8.40. The molecule has 1 aliphatic rings. The molecule has 1 aliphatic heterocycles. The molecule has 0 bridgehead atoms. The molecule has 0 radical (unpaired) electrons. The van der Waals surface area contributed by atoms with Crippen LogP contribution in [0, 0.1) is 11.7 Å². The van der Waals surface area contributed by atoms with Gasteiger partial charge in [0.05, 0.1) is 11.3 Å². The van der Waals surface area contributed by atoms with Gasteiger partial charge in [-0.15, -0.1) is 12.4 Å². The number of nitrogens with one attached hydrogen (secondary N) is 1. The first kappa shape index (κ1) is 21.4. The van der Waals surface area contributed by atoms with Gasteiger partial charge in [0, 0.05) is 31.7 Å². The molecule has 1 aromatic rings. The molecule has 0 aromatic heterocycles. The van der Waals surface area contributed by atoms with Crippen LogP contribution in [0.4, 0.5) is 4.39 Å². The van der Waals surface area contributed by atoms with Crippen LogP contribution < -0.4 is 11.1 Å². The van der Waals surface area contributed by atoms with Crippen molar-refractivity contribution in [3.8, 4) is 0 Å². The summed E-state index contributed by atoms with van der Waals surface area (Å²) in [5.74, 6) is -0.832. The Morgan fingerprint density at radius 1 is 1.36 bits per heavy atom. The highest BCUT2D eigenvalue weighted by Gasteiger charge is 2.38. The second kappa shape index (κ2) is 9.15. The average molecular weight is 372 g/mol. The number of halogens is 2. The topological polar surface area (TPSA) is 75.4 Å². The summed E-state index contributed by atoms with van der Waals surface area (Å²) in [7, 11) is 0. The van der Waals surface area contributed by atoms with Crippen LogP contribution in [-0.2, 0) is 15.0 Å². The Bertz CT molecular complexity index is 610. The first-order chi connectivity index (χ1) is 11.4. The van der Waals surface area contributed by atoms with E-state index in [2.05, 4.69) is 5.32 Å². The lowest BCUT2D eigenvalue weighted by atomic mass is 9.82. The maximum absolute atomic E-state index is 14.1. The summed E-state index contributed by atoms with van der Waals surface area (Å²) in [4.78, 5) is 26.8. The van der Waals surface area contributed by atoms with Gasteiger partial charge in [-0.2, -0.15) is 0 Å². The number of amides is 2. The zero-order chi connectivity index (χ0) is 17.7. The van der Waals surface area contributed by atoms with Crippen LogP contribution in [0.1, 0.15) is 32.3 Å². The largest absolute Gasteiger partial charge is 0.355 e. The van der Waals surface area contributed by atoms with Crippen LogP contribution in [0.5, 0.6) is 0 Å². The summed E-state index contributed by atoms with van der Waals surface area (Å²) in [6.45, 7) is 5.24. The molecule has 1 unspecified atom stereocenters. The molecule has 0 aliphatic carbocycles. The highest BCUT2D eigenvalue weighted by atomic mass is 35.5. The number of carbonyl (C=O) groups is 2. The number of rotatable bonds is 5. The number of nitrogens with two attached hydrogens (primary N) is 1. The van der Waals surface area contributed by atoms with Crippen LogP contribution >= 0.6 is 12.4 Å². The number of benzene rings is 1. The molecule has 140 valence electrons. The van der Waals surface area contributed by atoms with Crippen molar-refractivity contribution >= 4 is 24.2 Å². The molecule has 5 nitrogen and oxygen atoms in total. The molecule has 1 atom stereocenters. The summed E-state index contributed by atoms with van der Waals surface area (Å²) < 4.78 is 14.1. The van der Waals surface area contributed by atoms with E-state index in [1.807, 2.05) is 0 Å². The Hall–Kier alpha value is -1.66. The van der Waals surface area contributed by atoms with Gasteiger partial charge in [0.1, 0.15) is 5.82 Å². The quantitative estimate of drug-likeness (QED) is 0.829. The number of piperidine rings is 1. The van der Waals surface area contributed by atoms with Gasteiger partial charge < -0.3 is 16.0 Å². The minimum absolute atomic E-state index is 0. The van der Waals surface area contributed by atoms with E-state index in [4.69, 9.17) is 5.73 Å².